The van der Waals surface area contributed by atoms with E-state index < -0.39 is 0 Å². The minimum Gasteiger partial charge on any atom is -0.383 e. The first kappa shape index (κ1) is 11.9. The third-order valence-electron chi connectivity index (χ3n) is 2.21. The highest BCUT2D eigenvalue weighted by atomic mass is 35.5. The Morgan fingerprint density at radius 2 is 2.27 bits per heavy atom. The van der Waals surface area contributed by atoms with Gasteiger partial charge in [0.25, 0.3) is 0 Å². The number of amides is 1. The number of halogens is 1. The summed E-state index contributed by atoms with van der Waals surface area (Å²) < 4.78 is 0. The molecule has 0 aliphatic rings. The zero-order chi connectivity index (χ0) is 11.4. The van der Waals surface area contributed by atoms with Crippen molar-refractivity contribution in [1.82, 2.24) is 0 Å². The molecule has 3 N–H and O–H groups in total. The zero-order valence-corrected chi connectivity index (χ0v) is 9.64. The van der Waals surface area contributed by atoms with Crippen LogP contribution in [0.1, 0.15) is 12.5 Å². The lowest BCUT2D eigenvalue weighted by Crippen LogP contribution is -2.26. The Labute approximate surface area is 94.6 Å². The van der Waals surface area contributed by atoms with Gasteiger partial charge in [0.15, 0.2) is 0 Å². The van der Waals surface area contributed by atoms with Crippen LogP contribution in [0.25, 0.3) is 0 Å². The summed E-state index contributed by atoms with van der Waals surface area (Å²) in [6.07, 6.45) is 0. The van der Waals surface area contributed by atoms with E-state index in [2.05, 4.69) is 5.32 Å². The van der Waals surface area contributed by atoms with E-state index in [-0.39, 0.29) is 11.8 Å². The Morgan fingerprint density at radius 3 is 2.80 bits per heavy atom. The van der Waals surface area contributed by atoms with Crippen LogP contribution in [0, 0.1) is 12.8 Å². The molecule has 0 spiro atoms. The Bertz CT molecular complexity index is 366. The number of nitrogens with two attached hydrogens (primary N) is 1. The molecule has 1 amide bonds. The van der Waals surface area contributed by atoms with E-state index in [0.29, 0.717) is 11.6 Å². The molecule has 0 fully saturated rings. The van der Waals surface area contributed by atoms with E-state index in [1.165, 1.54) is 0 Å². The molecule has 1 aromatic rings. The smallest absolute Gasteiger partial charge is 0.222 e. The fraction of sp³-hybridized carbons (Fsp3) is 0.364. The van der Waals surface area contributed by atoms with E-state index in [0.717, 1.165) is 11.3 Å². The first-order valence-corrected chi connectivity index (χ1v) is 5.18. The summed E-state index contributed by atoms with van der Waals surface area (Å²) in [6.45, 7) is 4.25. The van der Waals surface area contributed by atoms with Crippen molar-refractivity contribution in [2.24, 2.45) is 11.7 Å². The summed E-state index contributed by atoms with van der Waals surface area (Å²) in [7, 11) is 0. The zero-order valence-electron chi connectivity index (χ0n) is 8.88. The van der Waals surface area contributed by atoms with Crippen molar-refractivity contribution >= 4 is 23.2 Å². The Balaban J connectivity index is 2.62. The van der Waals surface area contributed by atoms with Crippen molar-refractivity contribution in [3.63, 3.8) is 0 Å². The Kier molecular flexibility index (Phi) is 3.97. The van der Waals surface area contributed by atoms with Crippen molar-refractivity contribution in [3.8, 4) is 0 Å². The van der Waals surface area contributed by atoms with Crippen LogP contribution in [0.4, 0.5) is 5.69 Å². The summed E-state index contributed by atoms with van der Waals surface area (Å²) in [6, 6.07) is 5.73. The molecule has 3 nitrogen and oxygen atoms in total. The minimum absolute atomic E-state index is 0.206. The standard InChI is InChI=1S/C11H15ClN2O/c1-7-3-4-10(9(12)5-7)14-6-8(2)11(13)15/h3-5,8,14H,6H2,1-2H3,(H2,13,15). The number of carbonyl (C=O) groups is 1. The quantitative estimate of drug-likeness (QED) is 0.827. The van der Waals surface area contributed by atoms with Crippen molar-refractivity contribution in [2.45, 2.75) is 13.8 Å². The van der Waals surface area contributed by atoms with Crippen LogP contribution >= 0.6 is 11.6 Å². The number of primary amides is 1. The van der Waals surface area contributed by atoms with Gasteiger partial charge in [0.2, 0.25) is 5.91 Å². The van der Waals surface area contributed by atoms with Gasteiger partial charge in [0, 0.05) is 6.54 Å². The van der Waals surface area contributed by atoms with E-state index in [4.69, 9.17) is 17.3 Å². The van der Waals surface area contributed by atoms with E-state index in [1.807, 2.05) is 25.1 Å². The van der Waals surface area contributed by atoms with E-state index in [9.17, 15) is 4.79 Å². The molecule has 1 unspecified atom stereocenters. The molecule has 1 rings (SSSR count). The monoisotopic (exact) mass is 226 g/mol. The average Bonchev–Trinajstić information content (AvgIpc) is 2.15. The molecule has 0 aromatic heterocycles. The predicted octanol–water partition coefficient (Wildman–Crippen LogP) is 2.18. The minimum atomic E-state index is -0.314. The third-order valence-corrected chi connectivity index (χ3v) is 2.52. The molecular formula is C11H15ClN2O. The first-order valence-electron chi connectivity index (χ1n) is 4.80. The third kappa shape index (κ3) is 3.44. The highest BCUT2D eigenvalue weighted by Gasteiger charge is 2.08. The van der Waals surface area contributed by atoms with Gasteiger partial charge in [0.05, 0.1) is 16.6 Å². The highest BCUT2D eigenvalue weighted by molar-refractivity contribution is 6.33. The van der Waals surface area contributed by atoms with Crippen LogP contribution in [0.15, 0.2) is 18.2 Å². The van der Waals surface area contributed by atoms with Gasteiger partial charge in [-0.3, -0.25) is 4.79 Å². The predicted molar refractivity (Wildman–Crippen MR) is 63.0 cm³/mol. The van der Waals surface area contributed by atoms with Gasteiger partial charge in [-0.05, 0) is 24.6 Å². The van der Waals surface area contributed by atoms with Gasteiger partial charge in [-0.1, -0.05) is 24.6 Å². The molecule has 82 valence electrons. The Morgan fingerprint density at radius 1 is 1.60 bits per heavy atom. The SMILES string of the molecule is Cc1ccc(NCC(C)C(N)=O)c(Cl)c1. The lowest BCUT2D eigenvalue weighted by atomic mass is 10.1. The summed E-state index contributed by atoms with van der Waals surface area (Å²) in [4.78, 5) is 10.8. The van der Waals surface area contributed by atoms with E-state index >= 15 is 0 Å². The molecule has 1 atom stereocenters. The van der Waals surface area contributed by atoms with Crippen LogP contribution in [0.5, 0.6) is 0 Å². The number of benzene rings is 1. The second-order valence-electron chi connectivity index (χ2n) is 3.67. The van der Waals surface area contributed by atoms with Crippen LogP contribution < -0.4 is 11.1 Å². The molecule has 0 radical (unpaired) electrons. The molecule has 0 aliphatic heterocycles. The van der Waals surface area contributed by atoms with Gasteiger partial charge in [-0.25, -0.2) is 0 Å². The van der Waals surface area contributed by atoms with Gasteiger partial charge in [0.1, 0.15) is 0 Å². The number of carbonyl (C=O) groups excluding carboxylic acids is 1. The lowest BCUT2D eigenvalue weighted by molar-refractivity contribution is -0.120. The average molecular weight is 227 g/mol. The number of hydrogen-bond donors (Lipinski definition) is 2. The second-order valence-corrected chi connectivity index (χ2v) is 4.07. The van der Waals surface area contributed by atoms with Crippen molar-refractivity contribution in [1.29, 1.82) is 0 Å². The van der Waals surface area contributed by atoms with Gasteiger partial charge in [-0.15, -0.1) is 0 Å². The molecule has 4 heteroatoms. The van der Waals surface area contributed by atoms with Crippen molar-refractivity contribution < 1.29 is 4.79 Å². The van der Waals surface area contributed by atoms with Crippen molar-refractivity contribution in [3.05, 3.63) is 28.8 Å². The molecule has 0 heterocycles. The first-order chi connectivity index (χ1) is 7.00. The number of hydrogen-bond acceptors (Lipinski definition) is 2. The maximum atomic E-state index is 10.8. The van der Waals surface area contributed by atoms with Crippen LogP contribution in [-0.4, -0.2) is 12.5 Å². The van der Waals surface area contributed by atoms with Gasteiger partial charge in [-0.2, -0.15) is 0 Å². The van der Waals surface area contributed by atoms with Gasteiger partial charge < -0.3 is 11.1 Å². The maximum Gasteiger partial charge on any atom is 0.222 e. The van der Waals surface area contributed by atoms with Crippen LogP contribution in [-0.2, 0) is 4.79 Å². The van der Waals surface area contributed by atoms with Crippen LogP contribution in [0.2, 0.25) is 5.02 Å². The molecule has 0 saturated carbocycles. The molecule has 15 heavy (non-hydrogen) atoms. The number of anilines is 1. The highest BCUT2D eigenvalue weighted by Crippen LogP contribution is 2.22. The molecular weight excluding hydrogens is 212 g/mol. The van der Waals surface area contributed by atoms with Gasteiger partial charge >= 0.3 is 0 Å². The number of rotatable bonds is 4. The maximum absolute atomic E-state index is 10.8. The number of nitrogens with one attached hydrogen (secondary N) is 1. The summed E-state index contributed by atoms with van der Waals surface area (Å²) in [5.41, 5.74) is 7.08. The fourth-order valence-electron chi connectivity index (χ4n) is 1.13. The summed E-state index contributed by atoms with van der Waals surface area (Å²) in [5.74, 6) is -0.520. The molecule has 0 bridgehead atoms. The molecule has 1 aromatic carbocycles. The normalized spacial score (nSPS) is 12.2. The van der Waals surface area contributed by atoms with Crippen molar-refractivity contribution in [2.75, 3.05) is 11.9 Å². The fourth-order valence-corrected chi connectivity index (χ4v) is 1.43. The van der Waals surface area contributed by atoms with Crippen LogP contribution in [0.3, 0.4) is 0 Å². The molecule has 0 aliphatic carbocycles. The topological polar surface area (TPSA) is 55.1 Å². The molecule has 0 saturated heterocycles. The second kappa shape index (κ2) is 5.03. The lowest BCUT2D eigenvalue weighted by Gasteiger charge is -2.11. The Hall–Kier alpha value is -1.22. The van der Waals surface area contributed by atoms with E-state index in [1.54, 1.807) is 6.92 Å². The summed E-state index contributed by atoms with van der Waals surface area (Å²) >= 11 is 6.01. The number of aryl methyl sites for hydroxylation is 1. The largest absolute Gasteiger partial charge is 0.383 e. The summed E-state index contributed by atoms with van der Waals surface area (Å²) in [5, 5.41) is 3.75.